The Kier molecular flexibility index (Phi) is 4.26. The first-order chi connectivity index (χ1) is 10.6. The Morgan fingerprint density at radius 2 is 1.91 bits per heavy atom. The van der Waals surface area contributed by atoms with Crippen LogP contribution < -0.4 is 4.90 Å². The van der Waals surface area contributed by atoms with E-state index < -0.39 is 48.0 Å². The predicted octanol–water partition coefficient (Wildman–Crippen LogP) is 2.87. The van der Waals surface area contributed by atoms with Gasteiger partial charge < -0.3 is 14.4 Å². The number of benzene rings is 1. The molecule has 23 heavy (non-hydrogen) atoms. The molecule has 2 unspecified atom stereocenters. The van der Waals surface area contributed by atoms with E-state index >= 15 is 0 Å². The Morgan fingerprint density at radius 3 is 2.39 bits per heavy atom. The van der Waals surface area contributed by atoms with E-state index in [0.29, 0.717) is 11.0 Å². The highest BCUT2D eigenvalue weighted by Crippen LogP contribution is 2.38. The predicted molar refractivity (Wildman–Crippen MR) is 64.3 cm³/mol. The smallest absolute Gasteiger partial charge is 0.337 e. The van der Waals surface area contributed by atoms with E-state index in [-0.39, 0.29) is 6.29 Å². The molecule has 0 bridgehead atoms. The number of carbonyl (C=O) groups excluding carboxylic acids is 1. The number of hydrogen-bond acceptors (Lipinski definition) is 4. The molecule has 0 aromatic heterocycles. The van der Waals surface area contributed by atoms with E-state index in [1.807, 2.05) is 0 Å². The van der Waals surface area contributed by atoms with Gasteiger partial charge in [0.15, 0.2) is 6.29 Å². The third-order valence-electron chi connectivity index (χ3n) is 3.16. The van der Waals surface area contributed by atoms with Gasteiger partial charge in [-0.1, -0.05) is 0 Å². The molecule has 10 heteroatoms. The SMILES string of the molecule is N#Cc1ccc(N2CC(C=O)OC2C(F)(F)F)cc1C(F)(F)F. The number of anilines is 1. The van der Waals surface area contributed by atoms with E-state index in [2.05, 4.69) is 4.74 Å². The van der Waals surface area contributed by atoms with E-state index in [9.17, 15) is 31.1 Å². The van der Waals surface area contributed by atoms with Crippen LogP contribution in [0.25, 0.3) is 0 Å². The summed E-state index contributed by atoms with van der Waals surface area (Å²) in [6.45, 7) is -0.545. The zero-order chi connectivity index (χ0) is 17.4. The number of halogens is 6. The number of aldehydes is 1. The molecule has 1 aromatic rings. The molecule has 0 N–H and O–H groups in total. The van der Waals surface area contributed by atoms with Crippen molar-refractivity contribution in [2.24, 2.45) is 0 Å². The molecule has 1 aliphatic heterocycles. The van der Waals surface area contributed by atoms with Crippen LogP contribution in [0.5, 0.6) is 0 Å². The first-order valence-corrected chi connectivity index (χ1v) is 6.13. The van der Waals surface area contributed by atoms with Gasteiger partial charge in [0.1, 0.15) is 6.10 Å². The van der Waals surface area contributed by atoms with Crippen molar-refractivity contribution < 1.29 is 35.9 Å². The molecular formula is C13H8F6N2O2. The Labute approximate surface area is 125 Å². The maximum Gasteiger partial charge on any atom is 0.433 e. The van der Waals surface area contributed by atoms with Crippen LogP contribution >= 0.6 is 0 Å². The first kappa shape index (κ1) is 17.1. The highest BCUT2D eigenvalue weighted by atomic mass is 19.4. The summed E-state index contributed by atoms with van der Waals surface area (Å²) in [5, 5.41) is 8.68. The van der Waals surface area contributed by atoms with Gasteiger partial charge in [-0.05, 0) is 18.2 Å². The molecular weight excluding hydrogens is 330 g/mol. The topological polar surface area (TPSA) is 53.3 Å². The van der Waals surface area contributed by atoms with Crippen LogP contribution in [0.1, 0.15) is 11.1 Å². The van der Waals surface area contributed by atoms with Crippen LogP contribution in [0.2, 0.25) is 0 Å². The van der Waals surface area contributed by atoms with Crippen LogP contribution in [-0.2, 0) is 15.7 Å². The molecule has 2 rings (SSSR count). The minimum absolute atomic E-state index is 0.146. The van der Waals surface area contributed by atoms with Crippen LogP contribution in [0.4, 0.5) is 32.0 Å². The van der Waals surface area contributed by atoms with Gasteiger partial charge in [-0.15, -0.1) is 0 Å². The highest BCUT2D eigenvalue weighted by Gasteiger charge is 2.51. The Hall–Kier alpha value is -2.28. The van der Waals surface area contributed by atoms with Gasteiger partial charge in [-0.2, -0.15) is 31.6 Å². The zero-order valence-electron chi connectivity index (χ0n) is 11.1. The van der Waals surface area contributed by atoms with Crippen molar-refractivity contribution in [1.29, 1.82) is 5.26 Å². The van der Waals surface area contributed by atoms with Gasteiger partial charge in [-0.3, -0.25) is 0 Å². The first-order valence-electron chi connectivity index (χ1n) is 6.13. The normalized spacial score (nSPS) is 22.0. The summed E-state index contributed by atoms with van der Waals surface area (Å²) >= 11 is 0. The summed E-state index contributed by atoms with van der Waals surface area (Å²) in [6.07, 6.45) is -13.6. The third kappa shape index (κ3) is 3.39. The summed E-state index contributed by atoms with van der Waals surface area (Å²) in [5.41, 5.74) is -2.51. The van der Waals surface area contributed by atoms with Crippen molar-refractivity contribution in [3.8, 4) is 6.07 Å². The van der Waals surface area contributed by atoms with Crippen molar-refractivity contribution in [2.75, 3.05) is 11.4 Å². The van der Waals surface area contributed by atoms with Crippen LogP contribution in [0, 0.1) is 11.3 Å². The van der Waals surface area contributed by atoms with Gasteiger partial charge in [-0.25, -0.2) is 0 Å². The monoisotopic (exact) mass is 338 g/mol. The number of rotatable bonds is 2. The van der Waals surface area contributed by atoms with Crippen molar-refractivity contribution in [2.45, 2.75) is 24.7 Å². The molecule has 1 heterocycles. The minimum Gasteiger partial charge on any atom is -0.337 e. The quantitative estimate of drug-likeness (QED) is 0.615. The summed E-state index contributed by atoms with van der Waals surface area (Å²) < 4.78 is 82.0. The molecule has 4 nitrogen and oxygen atoms in total. The van der Waals surface area contributed by atoms with Crippen molar-refractivity contribution >= 4 is 12.0 Å². The third-order valence-corrected chi connectivity index (χ3v) is 3.16. The molecule has 2 atom stereocenters. The standard InChI is InChI=1S/C13H8F6N2O2/c14-12(15,16)10-3-8(2-1-7(10)4-20)21-5-9(6-22)23-11(21)13(17,18)19/h1-3,6,9,11H,5H2. The highest BCUT2D eigenvalue weighted by molar-refractivity contribution is 5.62. The number of nitriles is 1. The van der Waals surface area contributed by atoms with Gasteiger partial charge >= 0.3 is 12.4 Å². The lowest BCUT2D eigenvalue weighted by Crippen LogP contribution is -2.42. The Morgan fingerprint density at radius 1 is 1.26 bits per heavy atom. The van der Waals surface area contributed by atoms with Crippen LogP contribution in [-0.4, -0.2) is 31.3 Å². The van der Waals surface area contributed by atoms with E-state index in [1.165, 1.54) is 6.07 Å². The fourth-order valence-corrected chi connectivity index (χ4v) is 2.18. The number of ether oxygens (including phenoxy) is 1. The average molecular weight is 338 g/mol. The van der Waals surface area contributed by atoms with E-state index in [0.717, 1.165) is 12.1 Å². The molecule has 1 fully saturated rings. The number of alkyl halides is 6. The molecule has 0 amide bonds. The second kappa shape index (κ2) is 5.73. The molecule has 0 radical (unpaired) electrons. The molecule has 0 spiro atoms. The van der Waals surface area contributed by atoms with Crippen molar-refractivity contribution in [3.63, 3.8) is 0 Å². The molecule has 0 aliphatic carbocycles. The zero-order valence-corrected chi connectivity index (χ0v) is 11.1. The van der Waals surface area contributed by atoms with Crippen LogP contribution in [0.15, 0.2) is 18.2 Å². The van der Waals surface area contributed by atoms with Gasteiger partial charge in [0.05, 0.1) is 23.7 Å². The van der Waals surface area contributed by atoms with E-state index in [4.69, 9.17) is 5.26 Å². The number of carbonyl (C=O) groups is 1. The molecule has 1 aliphatic rings. The lowest BCUT2D eigenvalue weighted by Gasteiger charge is -2.27. The summed E-state index contributed by atoms with van der Waals surface area (Å²) in [5.74, 6) is 0. The van der Waals surface area contributed by atoms with Crippen molar-refractivity contribution in [3.05, 3.63) is 29.3 Å². The second-order valence-corrected chi connectivity index (χ2v) is 4.70. The van der Waals surface area contributed by atoms with Gasteiger partial charge in [0.25, 0.3) is 0 Å². The lowest BCUT2D eigenvalue weighted by atomic mass is 10.1. The summed E-state index contributed by atoms with van der Waals surface area (Å²) in [7, 11) is 0. The maximum absolute atomic E-state index is 12.9. The largest absolute Gasteiger partial charge is 0.433 e. The maximum atomic E-state index is 12.9. The van der Waals surface area contributed by atoms with E-state index in [1.54, 1.807) is 0 Å². The number of nitrogens with zero attached hydrogens (tertiary/aromatic N) is 2. The fourth-order valence-electron chi connectivity index (χ4n) is 2.18. The summed E-state index contributed by atoms with van der Waals surface area (Å²) in [6, 6.07) is 3.50. The Bertz CT molecular complexity index is 649. The van der Waals surface area contributed by atoms with Crippen LogP contribution in [0.3, 0.4) is 0 Å². The molecule has 1 aromatic carbocycles. The lowest BCUT2D eigenvalue weighted by molar-refractivity contribution is -0.211. The molecule has 124 valence electrons. The van der Waals surface area contributed by atoms with Crippen molar-refractivity contribution in [1.82, 2.24) is 0 Å². The second-order valence-electron chi connectivity index (χ2n) is 4.70. The minimum atomic E-state index is -4.90. The summed E-state index contributed by atoms with van der Waals surface area (Å²) in [4.78, 5) is 11.2. The Balaban J connectivity index is 2.48. The van der Waals surface area contributed by atoms with Gasteiger partial charge in [0.2, 0.25) is 6.23 Å². The average Bonchev–Trinajstić information content (AvgIpc) is 2.90. The molecule has 1 saturated heterocycles. The fraction of sp³-hybridized carbons (Fsp3) is 0.385. The van der Waals surface area contributed by atoms with Gasteiger partial charge in [0, 0.05) is 5.69 Å². The molecule has 0 saturated carbocycles. The number of hydrogen-bond donors (Lipinski definition) is 0.